The molecule has 0 aliphatic rings. The average molecular weight is 228 g/mol. The Hall–Kier alpha value is -0.0800. The minimum absolute atomic E-state index is 0.657. The van der Waals surface area contributed by atoms with Gasteiger partial charge >= 0.3 is 0 Å². The topological polar surface area (TPSA) is 15.3 Å². The maximum Gasteiger partial charge on any atom is 0.0110 e. The molecule has 1 N–H and O–H groups in total. The monoisotopic (exact) mass is 228 g/mol. The van der Waals surface area contributed by atoms with Crippen LogP contribution < -0.4 is 5.32 Å². The Bertz CT molecular complexity index is 148. The summed E-state index contributed by atoms with van der Waals surface area (Å²) >= 11 is 0. The van der Waals surface area contributed by atoms with Gasteiger partial charge < -0.3 is 5.32 Å². The lowest BCUT2D eigenvalue weighted by molar-refractivity contribution is 0.199. The van der Waals surface area contributed by atoms with E-state index in [1.807, 2.05) is 0 Å². The van der Waals surface area contributed by atoms with Crippen molar-refractivity contribution in [3.8, 4) is 0 Å². The van der Waals surface area contributed by atoms with Crippen molar-refractivity contribution in [1.29, 1.82) is 0 Å². The molecule has 0 aromatic carbocycles. The summed E-state index contributed by atoms with van der Waals surface area (Å²) in [5.74, 6) is 0. The molecule has 0 amide bonds. The summed E-state index contributed by atoms with van der Waals surface area (Å²) in [7, 11) is 0. The quantitative estimate of drug-likeness (QED) is 0.617. The van der Waals surface area contributed by atoms with Gasteiger partial charge in [0, 0.05) is 25.2 Å². The van der Waals surface area contributed by atoms with E-state index in [0.29, 0.717) is 6.04 Å². The van der Waals surface area contributed by atoms with Gasteiger partial charge in [0.15, 0.2) is 0 Å². The second kappa shape index (κ2) is 10.1. The molecule has 0 fully saturated rings. The van der Waals surface area contributed by atoms with Crippen molar-refractivity contribution in [3.05, 3.63) is 0 Å². The second-order valence-electron chi connectivity index (χ2n) is 4.91. The summed E-state index contributed by atoms with van der Waals surface area (Å²) in [5.41, 5.74) is 0. The lowest BCUT2D eigenvalue weighted by atomic mass is 10.2. The van der Waals surface area contributed by atoms with Crippen LogP contribution in [-0.2, 0) is 0 Å². The summed E-state index contributed by atoms with van der Waals surface area (Å²) in [6.45, 7) is 15.0. The normalized spacial score (nSPS) is 15.4. The van der Waals surface area contributed by atoms with E-state index in [0.717, 1.165) is 12.6 Å². The Morgan fingerprint density at radius 2 is 1.69 bits per heavy atom. The maximum absolute atomic E-state index is 3.58. The first-order valence-corrected chi connectivity index (χ1v) is 7.13. The molecular formula is C14H32N2. The Kier molecular flexibility index (Phi) is 10.0. The highest BCUT2D eigenvalue weighted by Crippen LogP contribution is 2.05. The third kappa shape index (κ3) is 7.24. The molecule has 0 rings (SSSR count). The molecule has 0 aromatic heterocycles. The van der Waals surface area contributed by atoms with Crippen molar-refractivity contribution in [2.75, 3.05) is 19.6 Å². The highest BCUT2D eigenvalue weighted by Gasteiger charge is 2.10. The molecule has 0 radical (unpaired) electrons. The van der Waals surface area contributed by atoms with Gasteiger partial charge in [0.2, 0.25) is 0 Å². The smallest absolute Gasteiger partial charge is 0.0110 e. The van der Waals surface area contributed by atoms with E-state index < -0.39 is 0 Å². The van der Waals surface area contributed by atoms with E-state index in [4.69, 9.17) is 0 Å². The molecule has 0 bridgehead atoms. The van der Waals surface area contributed by atoms with E-state index in [-0.39, 0.29) is 0 Å². The number of unbranched alkanes of at least 4 members (excludes halogenated alkanes) is 1. The molecule has 0 saturated carbocycles. The van der Waals surface area contributed by atoms with Gasteiger partial charge in [-0.25, -0.2) is 0 Å². The fourth-order valence-corrected chi connectivity index (χ4v) is 1.77. The second-order valence-corrected chi connectivity index (χ2v) is 4.91. The lowest BCUT2D eigenvalue weighted by Crippen LogP contribution is -2.40. The van der Waals surface area contributed by atoms with Crippen molar-refractivity contribution in [2.24, 2.45) is 0 Å². The Labute approximate surface area is 103 Å². The van der Waals surface area contributed by atoms with Crippen molar-refractivity contribution >= 4 is 0 Å². The third-order valence-electron chi connectivity index (χ3n) is 3.52. The molecule has 2 heteroatoms. The van der Waals surface area contributed by atoms with Crippen molar-refractivity contribution in [1.82, 2.24) is 10.2 Å². The zero-order chi connectivity index (χ0) is 12.4. The molecule has 2 atom stereocenters. The van der Waals surface area contributed by atoms with E-state index >= 15 is 0 Å². The maximum atomic E-state index is 3.58. The molecule has 16 heavy (non-hydrogen) atoms. The van der Waals surface area contributed by atoms with Crippen molar-refractivity contribution in [3.63, 3.8) is 0 Å². The molecule has 0 aliphatic carbocycles. The molecule has 98 valence electrons. The summed E-state index contributed by atoms with van der Waals surface area (Å²) in [5, 5.41) is 3.58. The zero-order valence-corrected chi connectivity index (χ0v) is 12.1. The number of rotatable bonds is 10. The van der Waals surface area contributed by atoms with Gasteiger partial charge in [-0.05, 0) is 39.7 Å². The molecular weight excluding hydrogens is 196 g/mol. The Morgan fingerprint density at radius 3 is 2.19 bits per heavy atom. The van der Waals surface area contributed by atoms with E-state index in [1.54, 1.807) is 0 Å². The van der Waals surface area contributed by atoms with Crippen LogP contribution in [0.3, 0.4) is 0 Å². The number of hydrogen-bond donors (Lipinski definition) is 1. The highest BCUT2D eigenvalue weighted by molar-refractivity contribution is 4.68. The van der Waals surface area contributed by atoms with Crippen LogP contribution in [0.15, 0.2) is 0 Å². The van der Waals surface area contributed by atoms with Gasteiger partial charge in [-0.1, -0.05) is 27.2 Å². The standard InChI is InChI=1S/C14H32N2/c1-6-9-11-16(14(5)8-3)12-10-15-13(4)7-2/h13-15H,6-12H2,1-5H3. The molecule has 2 nitrogen and oxygen atoms in total. The van der Waals surface area contributed by atoms with Crippen molar-refractivity contribution in [2.45, 2.75) is 72.4 Å². The number of nitrogens with one attached hydrogen (secondary N) is 1. The fourth-order valence-electron chi connectivity index (χ4n) is 1.77. The Balaban J connectivity index is 3.82. The van der Waals surface area contributed by atoms with Gasteiger partial charge in [-0.2, -0.15) is 0 Å². The predicted molar refractivity (Wildman–Crippen MR) is 74.0 cm³/mol. The van der Waals surface area contributed by atoms with Crippen LogP contribution in [0.1, 0.15) is 60.3 Å². The lowest BCUT2D eigenvalue weighted by Gasteiger charge is -2.29. The van der Waals surface area contributed by atoms with Gasteiger partial charge in [-0.15, -0.1) is 0 Å². The van der Waals surface area contributed by atoms with Crippen LogP contribution in [0.4, 0.5) is 0 Å². The molecule has 0 aromatic rings. The van der Waals surface area contributed by atoms with E-state index in [1.165, 1.54) is 38.8 Å². The third-order valence-corrected chi connectivity index (χ3v) is 3.52. The molecule has 0 spiro atoms. The SMILES string of the molecule is CCCCN(CCNC(C)CC)C(C)CC. The average Bonchev–Trinajstić information content (AvgIpc) is 2.32. The first-order chi connectivity index (χ1) is 7.65. The van der Waals surface area contributed by atoms with Crippen LogP contribution in [0.25, 0.3) is 0 Å². The van der Waals surface area contributed by atoms with E-state index in [9.17, 15) is 0 Å². The fraction of sp³-hybridized carbons (Fsp3) is 1.00. The van der Waals surface area contributed by atoms with Crippen LogP contribution in [0.2, 0.25) is 0 Å². The summed E-state index contributed by atoms with van der Waals surface area (Å²) < 4.78 is 0. The molecule has 2 unspecified atom stereocenters. The first-order valence-electron chi connectivity index (χ1n) is 7.13. The van der Waals surface area contributed by atoms with Crippen molar-refractivity contribution < 1.29 is 0 Å². The molecule has 0 saturated heterocycles. The summed E-state index contributed by atoms with van der Waals surface area (Å²) in [4.78, 5) is 2.62. The summed E-state index contributed by atoms with van der Waals surface area (Å²) in [6, 6.07) is 1.38. The minimum atomic E-state index is 0.657. The van der Waals surface area contributed by atoms with E-state index in [2.05, 4.69) is 44.8 Å². The van der Waals surface area contributed by atoms with Gasteiger partial charge in [0.05, 0.1) is 0 Å². The molecule has 0 aliphatic heterocycles. The minimum Gasteiger partial charge on any atom is -0.313 e. The number of hydrogen-bond acceptors (Lipinski definition) is 2. The first kappa shape index (κ1) is 15.9. The van der Waals surface area contributed by atoms with Crippen LogP contribution in [-0.4, -0.2) is 36.6 Å². The Morgan fingerprint density at radius 1 is 1.00 bits per heavy atom. The molecule has 0 heterocycles. The predicted octanol–water partition coefficient (Wildman–Crippen LogP) is 3.28. The van der Waals surface area contributed by atoms with Crippen LogP contribution in [0.5, 0.6) is 0 Å². The van der Waals surface area contributed by atoms with Gasteiger partial charge in [0.1, 0.15) is 0 Å². The van der Waals surface area contributed by atoms with Gasteiger partial charge in [-0.3, -0.25) is 4.90 Å². The number of nitrogens with zero attached hydrogens (tertiary/aromatic N) is 1. The van der Waals surface area contributed by atoms with Crippen LogP contribution in [0, 0.1) is 0 Å². The largest absolute Gasteiger partial charge is 0.313 e. The zero-order valence-electron chi connectivity index (χ0n) is 12.1. The summed E-state index contributed by atoms with van der Waals surface area (Å²) in [6.07, 6.45) is 5.10. The highest BCUT2D eigenvalue weighted by atomic mass is 15.2. The van der Waals surface area contributed by atoms with Gasteiger partial charge in [0.25, 0.3) is 0 Å². The van der Waals surface area contributed by atoms with Crippen LogP contribution >= 0.6 is 0 Å².